The third-order valence-corrected chi connectivity index (χ3v) is 11.3. The Bertz CT molecular complexity index is 2060. The van der Waals surface area contributed by atoms with Crippen molar-refractivity contribution < 1.29 is 56.9 Å². The number of hydrogen-bond donors (Lipinski definition) is 11. The van der Waals surface area contributed by atoms with Crippen LogP contribution in [-0.4, -0.2) is 130 Å². The van der Waals surface area contributed by atoms with Crippen LogP contribution in [0.5, 0.6) is 5.75 Å². The van der Waals surface area contributed by atoms with Crippen LogP contribution >= 0.6 is 23.5 Å². The van der Waals surface area contributed by atoms with E-state index >= 15 is 0 Å². The Balaban J connectivity index is 0.00000197. The third-order valence-electron chi connectivity index (χ3n) is 10.0. The molecule has 0 spiro atoms. The number of carbonyl (C=O) groups excluding carboxylic acids is 6. The number of benzene rings is 2. The third kappa shape index (κ3) is 19.5. The smallest absolute Gasteiger partial charge is 0.490 e. The molecule has 14 N–H and O–H groups in total. The van der Waals surface area contributed by atoms with Crippen molar-refractivity contribution in [3.05, 3.63) is 65.9 Å². The minimum Gasteiger partial charge on any atom is -0.508 e. The maximum atomic E-state index is 14.2. The quantitative estimate of drug-likeness (QED) is 0.0513. The number of unbranched alkanes of at least 4 members (excludes halogenated alkanes) is 1. The van der Waals surface area contributed by atoms with Gasteiger partial charge in [-0.15, -0.1) is 0 Å². The Hall–Kier alpha value is -5.52. The van der Waals surface area contributed by atoms with E-state index in [1.165, 1.54) is 35.7 Å². The van der Waals surface area contributed by atoms with Crippen LogP contribution in [0.1, 0.15) is 57.1 Å². The highest BCUT2D eigenvalue weighted by molar-refractivity contribution is 7.98. The normalized spacial score (nSPS) is 14.0. The summed E-state index contributed by atoms with van der Waals surface area (Å²) in [6, 6.07) is 7.36. The number of carboxylic acids is 1. The second kappa shape index (κ2) is 28.5. The molecule has 0 fully saturated rings. The van der Waals surface area contributed by atoms with Crippen LogP contribution in [0.4, 0.5) is 13.2 Å². The van der Waals surface area contributed by atoms with E-state index in [2.05, 4.69) is 31.6 Å². The van der Waals surface area contributed by atoms with Gasteiger partial charge in [0.05, 0.1) is 6.04 Å². The maximum Gasteiger partial charge on any atom is 0.490 e. The lowest BCUT2D eigenvalue weighted by atomic mass is 10.0. The predicted molar refractivity (Wildman–Crippen MR) is 248 cm³/mol. The van der Waals surface area contributed by atoms with Gasteiger partial charge in [0, 0.05) is 23.5 Å². The summed E-state index contributed by atoms with van der Waals surface area (Å²) in [6.45, 7) is 3.85. The first-order valence-electron chi connectivity index (χ1n) is 21.0. The number of carbonyl (C=O) groups is 7. The zero-order valence-electron chi connectivity index (χ0n) is 37.2. The fourth-order valence-corrected chi connectivity index (χ4v) is 7.31. The topological polar surface area (TPSA) is 314 Å². The van der Waals surface area contributed by atoms with Gasteiger partial charge >= 0.3 is 12.1 Å². The lowest BCUT2D eigenvalue weighted by Gasteiger charge is -2.28. The molecule has 0 saturated carbocycles. The van der Waals surface area contributed by atoms with Crippen molar-refractivity contribution in [2.75, 3.05) is 30.6 Å². The summed E-state index contributed by atoms with van der Waals surface area (Å²) in [5, 5.41) is 31.7. The lowest BCUT2D eigenvalue weighted by Crippen LogP contribution is -2.60. The number of H-pyrrole nitrogens is 1. The van der Waals surface area contributed by atoms with Gasteiger partial charge in [-0.2, -0.15) is 36.7 Å². The van der Waals surface area contributed by atoms with E-state index in [4.69, 9.17) is 27.1 Å². The molecule has 18 nitrogen and oxygen atoms in total. The first-order chi connectivity index (χ1) is 31.1. The van der Waals surface area contributed by atoms with Crippen LogP contribution in [0.25, 0.3) is 10.9 Å². The number of amides is 6. The summed E-state index contributed by atoms with van der Waals surface area (Å²) in [4.78, 5) is 93.1. The number of aromatic amines is 1. The molecule has 2 aromatic carbocycles. The van der Waals surface area contributed by atoms with Gasteiger partial charge in [-0.25, -0.2) is 4.79 Å². The van der Waals surface area contributed by atoms with Crippen molar-refractivity contribution >= 4 is 75.8 Å². The van der Waals surface area contributed by atoms with Crippen molar-refractivity contribution in [2.45, 2.75) is 101 Å². The molecule has 6 atom stereocenters. The molecular weight excluding hydrogens is 908 g/mol. The predicted octanol–water partition coefficient (Wildman–Crippen LogP) is 1.82. The van der Waals surface area contributed by atoms with E-state index in [1.807, 2.05) is 36.8 Å². The fourth-order valence-electron chi connectivity index (χ4n) is 6.37. The van der Waals surface area contributed by atoms with Gasteiger partial charge < -0.3 is 59.0 Å². The first-order valence-corrected chi connectivity index (χ1v) is 23.8. The minimum absolute atomic E-state index is 0.00869. The number of phenols is 1. The Labute approximate surface area is 389 Å². The molecule has 0 bridgehead atoms. The lowest BCUT2D eigenvalue weighted by molar-refractivity contribution is -0.192. The number of fused-ring (bicyclic) bond motifs is 1. The number of thioether (sulfide) groups is 2. The Morgan fingerprint density at radius 1 is 0.712 bits per heavy atom. The van der Waals surface area contributed by atoms with Crippen molar-refractivity contribution in [3.8, 4) is 5.75 Å². The van der Waals surface area contributed by atoms with E-state index in [9.17, 15) is 47.0 Å². The van der Waals surface area contributed by atoms with Crippen molar-refractivity contribution in [3.63, 3.8) is 0 Å². The van der Waals surface area contributed by atoms with Crippen LogP contribution in [0.3, 0.4) is 0 Å². The number of aliphatic carboxylic acids is 1. The van der Waals surface area contributed by atoms with E-state index in [1.54, 1.807) is 32.2 Å². The Morgan fingerprint density at radius 2 is 1.23 bits per heavy atom. The summed E-state index contributed by atoms with van der Waals surface area (Å²) in [5.41, 5.74) is 20.0. The number of rotatable bonds is 26. The summed E-state index contributed by atoms with van der Waals surface area (Å²) < 4.78 is 31.7. The van der Waals surface area contributed by atoms with Crippen molar-refractivity contribution in [1.82, 2.24) is 31.6 Å². The molecule has 1 aromatic heterocycles. The number of carboxylic acid groups (broad SMARTS) is 1. The molecule has 0 radical (unpaired) electrons. The number of phenolic OH excluding ortho intramolecular Hbond substituents is 1. The standard InChI is InChI=1S/C41H61N9O7S2.C2HF3O2/c1-24(2)35(41(57)46-31(36(44)52)16-19-58-3)50-39(55)33(17-20-59-4)48-40(56)34(21-25-12-14-27(51)15-13-25)49-38(54)32(11-7-8-18-42)47-37(53)29(43)22-26-23-45-30-10-6-5-9-28(26)30;3-2(4,5)1(6)7/h5-6,9-10,12-15,23-24,29,31-35,45,51H,7-8,11,16-22,42-43H2,1-4H3,(H2,44,52)(H,46,57)(H,47,53)(H,48,56)(H,49,54)(H,50,55);(H,6,7)/t29-,31-,32-,33-,34-,35-;/m0./s1. The second-order valence-corrected chi connectivity index (χ2v) is 17.5. The van der Waals surface area contributed by atoms with Crippen LogP contribution in [-0.2, 0) is 46.4 Å². The van der Waals surface area contributed by atoms with Gasteiger partial charge in [0.1, 0.15) is 36.0 Å². The van der Waals surface area contributed by atoms with E-state index in [0.29, 0.717) is 42.9 Å². The molecule has 366 valence electrons. The number of hydrogen-bond acceptors (Lipinski definition) is 12. The average molecular weight is 970 g/mol. The number of nitrogens with two attached hydrogens (primary N) is 3. The number of nitrogens with one attached hydrogen (secondary N) is 6. The highest BCUT2D eigenvalue weighted by atomic mass is 32.2. The van der Waals surface area contributed by atoms with Gasteiger partial charge in [-0.05, 0) is 104 Å². The summed E-state index contributed by atoms with van der Waals surface area (Å²) in [7, 11) is 0. The molecule has 3 aromatic rings. The van der Waals surface area contributed by atoms with Crippen molar-refractivity contribution in [1.29, 1.82) is 0 Å². The van der Waals surface area contributed by atoms with Gasteiger partial charge in [0.2, 0.25) is 35.4 Å². The van der Waals surface area contributed by atoms with Gasteiger partial charge in [-0.1, -0.05) is 44.2 Å². The number of aromatic hydroxyl groups is 1. The molecule has 0 unspecified atom stereocenters. The fraction of sp³-hybridized carbons (Fsp3) is 0.512. The van der Waals surface area contributed by atoms with Crippen LogP contribution in [0.2, 0.25) is 0 Å². The molecule has 23 heteroatoms. The highest BCUT2D eigenvalue weighted by Crippen LogP contribution is 2.19. The van der Waals surface area contributed by atoms with E-state index < -0.39 is 89.8 Å². The molecule has 66 heavy (non-hydrogen) atoms. The number of para-hydroxylation sites is 1. The van der Waals surface area contributed by atoms with E-state index in [-0.39, 0.29) is 31.4 Å². The number of halogens is 3. The SMILES string of the molecule is CSCC[C@H](NC(=O)[C@@H](NC(=O)[C@H](CCSC)NC(=O)[C@H](Cc1ccc(O)cc1)NC(=O)[C@H](CCCCN)NC(=O)[C@@H](N)Cc1c[nH]c2ccccc12)C(C)C)C(N)=O.O=C(O)C(F)(F)F. The van der Waals surface area contributed by atoms with Gasteiger partial charge in [0.15, 0.2) is 0 Å². The molecule has 0 aliphatic heterocycles. The van der Waals surface area contributed by atoms with Crippen LogP contribution in [0, 0.1) is 5.92 Å². The summed E-state index contributed by atoms with van der Waals surface area (Å²) in [6.07, 6.45) is 2.42. The number of aromatic nitrogens is 1. The zero-order chi connectivity index (χ0) is 49.6. The molecule has 3 rings (SSSR count). The first kappa shape index (κ1) is 56.6. The van der Waals surface area contributed by atoms with Crippen LogP contribution < -0.4 is 43.8 Å². The Morgan fingerprint density at radius 3 is 1.79 bits per heavy atom. The van der Waals surface area contributed by atoms with Crippen molar-refractivity contribution in [2.24, 2.45) is 23.1 Å². The molecular formula is C43H62F3N9O9S2. The van der Waals surface area contributed by atoms with Crippen LogP contribution in [0.15, 0.2) is 54.7 Å². The zero-order valence-corrected chi connectivity index (χ0v) is 38.9. The molecule has 0 aliphatic rings. The molecule has 0 aliphatic carbocycles. The van der Waals surface area contributed by atoms with Gasteiger partial charge in [-0.3, -0.25) is 28.8 Å². The average Bonchev–Trinajstić information content (AvgIpc) is 3.67. The molecule has 6 amide bonds. The maximum absolute atomic E-state index is 14.2. The number of primary amides is 1. The van der Waals surface area contributed by atoms with E-state index in [0.717, 1.165) is 16.5 Å². The van der Waals surface area contributed by atoms with Gasteiger partial charge in [0.25, 0.3) is 0 Å². The largest absolute Gasteiger partial charge is 0.508 e. The second-order valence-electron chi connectivity index (χ2n) is 15.6. The number of alkyl halides is 3. The Kier molecular flexibility index (Phi) is 24.4. The molecule has 1 heterocycles. The molecule has 0 saturated heterocycles. The summed E-state index contributed by atoms with van der Waals surface area (Å²) in [5.74, 6) is -5.88. The monoisotopic (exact) mass is 969 g/mol. The highest BCUT2D eigenvalue weighted by Gasteiger charge is 2.38. The minimum atomic E-state index is -5.08. The summed E-state index contributed by atoms with van der Waals surface area (Å²) >= 11 is 2.95.